The van der Waals surface area contributed by atoms with Gasteiger partial charge in [-0.1, -0.05) is 23.2 Å². The number of hydrogen-bond acceptors (Lipinski definition) is 5. The number of rotatable bonds is 4. The Hall–Kier alpha value is -3.35. The molecule has 0 aliphatic heterocycles. The maximum absolute atomic E-state index is 12.9. The first kappa shape index (κ1) is 23.8. The molecule has 0 fully saturated rings. The lowest BCUT2D eigenvalue weighted by Crippen LogP contribution is -2.51. The summed E-state index contributed by atoms with van der Waals surface area (Å²) in [5, 5.41) is 4.78. The second-order valence-corrected chi connectivity index (χ2v) is 8.37. The van der Waals surface area contributed by atoms with E-state index in [0.29, 0.717) is 21.0 Å². The van der Waals surface area contributed by atoms with Crippen molar-refractivity contribution in [2.24, 2.45) is 0 Å². The number of amides is 2. The van der Waals surface area contributed by atoms with Gasteiger partial charge in [0.2, 0.25) is 5.52 Å². The predicted octanol–water partition coefficient (Wildman–Crippen LogP) is 5.07. The molecule has 2 aromatic heterocycles. The van der Waals surface area contributed by atoms with Gasteiger partial charge in [-0.15, -0.1) is 11.3 Å². The first-order chi connectivity index (χ1) is 16.0. The Kier molecular flexibility index (Phi) is 6.39. The molecule has 0 aliphatic carbocycles. The fourth-order valence-electron chi connectivity index (χ4n) is 2.93. The molecule has 4 aromatic rings. The SMILES string of the molecule is CN(C(=O)Nc1ccc2[nH]c(-c3cscn3)[n+](OC(=O)C(F)(F)F)c2c1)c1ccc(Cl)c(Cl)c1. The largest absolute Gasteiger partial charge is 0.495 e. The number of nitrogens with one attached hydrogen (secondary N) is 2. The van der Waals surface area contributed by atoms with Gasteiger partial charge in [-0.05, 0) is 35.1 Å². The van der Waals surface area contributed by atoms with Gasteiger partial charge in [0.1, 0.15) is 0 Å². The second-order valence-electron chi connectivity index (χ2n) is 6.84. The fraction of sp³-hybridized carbons (Fsp3) is 0.100. The first-order valence-electron chi connectivity index (χ1n) is 9.30. The summed E-state index contributed by atoms with van der Waals surface area (Å²) in [6.07, 6.45) is -5.22. The third kappa shape index (κ3) is 4.79. The van der Waals surface area contributed by atoms with Crippen LogP contribution < -0.4 is 19.8 Å². The number of nitrogens with zero attached hydrogens (tertiary/aromatic N) is 3. The van der Waals surface area contributed by atoms with Gasteiger partial charge in [0.15, 0.2) is 11.2 Å². The van der Waals surface area contributed by atoms with Crippen molar-refractivity contribution in [1.82, 2.24) is 9.97 Å². The zero-order valence-electron chi connectivity index (χ0n) is 17.0. The van der Waals surface area contributed by atoms with Crippen LogP contribution in [0.1, 0.15) is 0 Å². The molecule has 2 N–H and O–H groups in total. The van der Waals surface area contributed by atoms with Crippen LogP contribution in [-0.2, 0) is 4.79 Å². The molecule has 0 radical (unpaired) electrons. The number of benzene rings is 2. The quantitative estimate of drug-likeness (QED) is 0.360. The third-order valence-electron chi connectivity index (χ3n) is 4.60. The molecule has 4 rings (SSSR count). The van der Waals surface area contributed by atoms with Crippen molar-refractivity contribution in [3.8, 4) is 11.5 Å². The van der Waals surface area contributed by atoms with Gasteiger partial charge in [0.05, 0.1) is 15.6 Å². The zero-order chi connectivity index (χ0) is 24.6. The Morgan fingerprint density at radius 1 is 1.18 bits per heavy atom. The number of carbonyl (C=O) groups excluding carboxylic acids is 2. The number of fused-ring (bicyclic) bond motifs is 1. The molecule has 0 bridgehead atoms. The number of imidazole rings is 1. The van der Waals surface area contributed by atoms with Crippen LogP contribution >= 0.6 is 34.5 Å². The minimum Gasteiger partial charge on any atom is -0.307 e. The van der Waals surface area contributed by atoms with Gasteiger partial charge < -0.3 is 5.32 Å². The smallest absolute Gasteiger partial charge is 0.307 e. The van der Waals surface area contributed by atoms with E-state index in [1.54, 1.807) is 11.4 Å². The number of aromatic amines is 1. The average Bonchev–Trinajstić information content (AvgIpc) is 3.43. The number of carbonyl (C=O) groups is 2. The molecule has 2 heterocycles. The molecule has 0 aliphatic rings. The molecule has 2 aromatic carbocycles. The number of anilines is 2. The summed E-state index contributed by atoms with van der Waals surface area (Å²) < 4.78 is 39.3. The molecule has 2 amide bonds. The lowest BCUT2D eigenvalue weighted by molar-refractivity contribution is -0.841. The average molecular weight is 531 g/mol. The van der Waals surface area contributed by atoms with E-state index in [0.717, 1.165) is 0 Å². The number of H-pyrrole nitrogens is 1. The number of alkyl halides is 3. The van der Waals surface area contributed by atoms with E-state index in [4.69, 9.17) is 23.2 Å². The van der Waals surface area contributed by atoms with Crippen LogP contribution in [0, 0.1) is 0 Å². The van der Waals surface area contributed by atoms with Crippen molar-refractivity contribution < 1.29 is 32.3 Å². The van der Waals surface area contributed by atoms with Crippen molar-refractivity contribution in [1.29, 1.82) is 0 Å². The number of aromatic nitrogens is 3. The maximum Gasteiger partial charge on any atom is 0.495 e. The van der Waals surface area contributed by atoms with Gasteiger partial charge in [-0.3, -0.25) is 4.90 Å². The van der Waals surface area contributed by atoms with Crippen LogP contribution in [-0.4, -0.2) is 35.2 Å². The predicted molar refractivity (Wildman–Crippen MR) is 121 cm³/mol. The highest BCUT2D eigenvalue weighted by Gasteiger charge is 2.44. The van der Waals surface area contributed by atoms with Crippen LogP contribution in [0.15, 0.2) is 47.3 Å². The standard InChI is InChI=1S/C20H12Cl2F3N5O3S/c1-29(11-3-4-12(21)13(22)7-11)19(32)27-10-2-5-14-16(6-10)30(33-18(31)20(23,24)25)17(28-14)15-8-34-9-26-15/h2-9H,1H3,(H,27,32)/p+1. The molecule has 0 saturated carbocycles. The lowest BCUT2D eigenvalue weighted by atomic mass is 10.2. The summed E-state index contributed by atoms with van der Waals surface area (Å²) >= 11 is 13.1. The number of urea groups is 1. The van der Waals surface area contributed by atoms with Crippen LogP contribution in [0.25, 0.3) is 22.6 Å². The summed E-state index contributed by atoms with van der Waals surface area (Å²) in [5.74, 6) is -2.39. The van der Waals surface area contributed by atoms with E-state index in [1.165, 1.54) is 59.1 Å². The van der Waals surface area contributed by atoms with E-state index in [-0.39, 0.29) is 27.7 Å². The number of hydrogen-bond donors (Lipinski definition) is 2. The third-order valence-corrected chi connectivity index (χ3v) is 5.93. The fourth-order valence-corrected chi connectivity index (χ4v) is 3.76. The highest BCUT2D eigenvalue weighted by molar-refractivity contribution is 7.07. The summed E-state index contributed by atoms with van der Waals surface area (Å²) in [6, 6.07) is 8.46. The molecule has 0 spiro atoms. The van der Waals surface area contributed by atoms with Crippen molar-refractivity contribution in [2.75, 3.05) is 17.3 Å². The summed E-state index contributed by atoms with van der Waals surface area (Å²) in [4.78, 5) is 37.1. The molecule has 176 valence electrons. The molecule has 14 heteroatoms. The van der Waals surface area contributed by atoms with Gasteiger partial charge >= 0.3 is 24.0 Å². The first-order valence-corrected chi connectivity index (χ1v) is 11.0. The highest BCUT2D eigenvalue weighted by atomic mass is 35.5. The van der Waals surface area contributed by atoms with Crippen LogP contribution in [0.4, 0.5) is 29.3 Å². The summed E-state index contributed by atoms with van der Waals surface area (Å²) in [7, 11) is 1.50. The Morgan fingerprint density at radius 3 is 2.59 bits per heavy atom. The van der Waals surface area contributed by atoms with Crippen LogP contribution in [0.2, 0.25) is 10.0 Å². The normalized spacial score (nSPS) is 11.5. The molecule has 8 nitrogen and oxygen atoms in total. The van der Waals surface area contributed by atoms with Crippen molar-refractivity contribution >= 4 is 68.9 Å². The zero-order valence-corrected chi connectivity index (χ0v) is 19.3. The van der Waals surface area contributed by atoms with Crippen LogP contribution in [0.5, 0.6) is 0 Å². The highest BCUT2D eigenvalue weighted by Crippen LogP contribution is 2.27. The minimum absolute atomic E-state index is 0.0188. The van der Waals surface area contributed by atoms with Gasteiger partial charge in [0.25, 0.3) is 0 Å². The van der Waals surface area contributed by atoms with E-state index in [1.807, 2.05) is 0 Å². The monoisotopic (exact) mass is 530 g/mol. The Bertz CT molecular complexity index is 1390. The van der Waals surface area contributed by atoms with E-state index in [9.17, 15) is 22.8 Å². The summed E-state index contributed by atoms with van der Waals surface area (Å²) in [5.41, 5.74) is 2.83. The Balaban J connectivity index is 1.68. The second kappa shape index (κ2) is 9.12. The summed E-state index contributed by atoms with van der Waals surface area (Å²) in [6.45, 7) is 0. The molecule has 0 atom stereocenters. The number of halogens is 5. The van der Waals surface area contributed by atoms with E-state index < -0.39 is 18.2 Å². The Labute approximate surface area is 203 Å². The van der Waals surface area contributed by atoms with Gasteiger partial charge in [-0.25, -0.2) is 24.4 Å². The Morgan fingerprint density at radius 2 is 1.94 bits per heavy atom. The lowest BCUT2D eigenvalue weighted by Gasteiger charge is -2.18. The van der Waals surface area contributed by atoms with Crippen molar-refractivity contribution in [3.63, 3.8) is 0 Å². The molecular formula is C20H13Cl2F3N5O3S+. The van der Waals surface area contributed by atoms with Crippen molar-refractivity contribution in [2.45, 2.75) is 6.18 Å². The van der Waals surface area contributed by atoms with Gasteiger partial charge in [-0.2, -0.15) is 13.2 Å². The van der Waals surface area contributed by atoms with Crippen LogP contribution in [0.3, 0.4) is 0 Å². The number of thiazole rings is 1. The topological polar surface area (TPSA) is 91.2 Å². The molecular weight excluding hydrogens is 518 g/mol. The minimum atomic E-state index is -5.22. The van der Waals surface area contributed by atoms with E-state index in [2.05, 4.69) is 20.1 Å². The van der Waals surface area contributed by atoms with Crippen molar-refractivity contribution in [3.05, 3.63) is 57.3 Å². The molecule has 0 saturated heterocycles. The molecule has 34 heavy (non-hydrogen) atoms. The maximum atomic E-state index is 12.9. The van der Waals surface area contributed by atoms with Gasteiger partial charge in [0, 0.05) is 29.9 Å². The molecule has 0 unspecified atom stereocenters. The van der Waals surface area contributed by atoms with E-state index >= 15 is 0 Å².